The average molecular weight is 391 g/mol. The fourth-order valence-electron chi connectivity index (χ4n) is 2.71. The third-order valence-electron chi connectivity index (χ3n) is 4.20. The lowest BCUT2D eigenvalue weighted by molar-refractivity contribution is 0.252. The summed E-state index contributed by atoms with van der Waals surface area (Å²) in [4.78, 5) is 16.3. The van der Waals surface area contributed by atoms with Gasteiger partial charge < -0.3 is 21.3 Å². The molecule has 3 aromatic rings. The van der Waals surface area contributed by atoms with Crippen LogP contribution < -0.4 is 21.3 Å². The minimum atomic E-state index is -0.232. The second kappa shape index (κ2) is 10.0. The highest BCUT2D eigenvalue weighted by Crippen LogP contribution is 2.15. The number of anilines is 4. The number of benzene rings is 1. The van der Waals surface area contributed by atoms with Crippen molar-refractivity contribution in [1.29, 1.82) is 0 Å². The number of urea groups is 1. The molecular formula is C21H25N7O. The van der Waals surface area contributed by atoms with E-state index in [1.54, 1.807) is 6.20 Å². The van der Waals surface area contributed by atoms with Gasteiger partial charge in [0.05, 0.1) is 0 Å². The summed E-state index contributed by atoms with van der Waals surface area (Å²) in [6, 6.07) is 15.0. The van der Waals surface area contributed by atoms with Crippen LogP contribution in [0.4, 0.5) is 27.9 Å². The van der Waals surface area contributed by atoms with Gasteiger partial charge in [0.15, 0.2) is 5.82 Å². The smallest absolute Gasteiger partial charge is 0.319 e. The summed E-state index contributed by atoms with van der Waals surface area (Å²) in [6.45, 7) is 5.04. The van der Waals surface area contributed by atoms with E-state index in [2.05, 4.69) is 43.4 Å². The molecule has 0 radical (unpaired) electrons. The van der Waals surface area contributed by atoms with Gasteiger partial charge in [-0.1, -0.05) is 25.1 Å². The first-order valence-corrected chi connectivity index (χ1v) is 9.54. The summed E-state index contributed by atoms with van der Waals surface area (Å²) in [6.07, 6.45) is 2.60. The number of pyridine rings is 1. The molecule has 4 N–H and O–H groups in total. The highest BCUT2D eigenvalue weighted by Gasteiger charge is 2.05. The second-order valence-corrected chi connectivity index (χ2v) is 6.47. The van der Waals surface area contributed by atoms with Crippen molar-refractivity contribution in [2.24, 2.45) is 0 Å². The number of nitrogens with one attached hydrogen (secondary N) is 4. The molecule has 0 aliphatic carbocycles. The summed E-state index contributed by atoms with van der Waals surface area (Å²) < 4.78 is 0. The van der Waals surface area contributed by atoms with Crippen LogP contribution in [0.25, 0.3) is 0 Å². The zero-order valence-corrected chi connectivity index (χ0v) is 16.6. The summed E-state index contributed by atoms with van der Waals surface area (Å²) in [5.41, 5.74) is 3.05. The Hall–Kier alpha value is -3.68. The SMILES string of the molecule is CCc1ccccc1NC(=O)NCCNc1ccc(Nc2cc(C)ccn2)nn1. The fourth-order valence-corrected chi connectivity index (χ4v) is 2.71. The van der Waals surface area contributed by atoms with Crippen molar-refractivity contribution in [1.82, 2.24) is 20.5 Å². The second-order valence-electron chi connectivity index (χ2n) is 6.47. The molecule has 2 amide bonds. The highest BCUT2D eigenvalue weighted by atomic mass is 16.2. The van der Waals surface area contributed by atoms with Gasteiger partial charge in [-0.3, -0.25) is 0 Å². The maximum atomic E-state index is 12.0. The van der Waals surface area contributed by atoms with Crippen LogP contribution in [0.5, 0.6) is 0 Å². The Morgan fingerprint density at radius 3 is 2.52 bits per heavy atom. The summed E-state index contributed by atoms with van der Waals surface area (Å²) in [5, 5.41) is 20.2. The number of carbonyl (C=O) groups is 1. The molecule has 0 unspecified atom stereocenters. The molecule has 29 heavy (non-hydrogen) atoms. The van der Waals surface area contributed by atoms with E-state index in [-0.39, 0.29) is 6.03 Å². The van der Waals surface area contributed by atoms with Gasteiger partial charge in [-0.05, 0) is 54.8 Å². The van der Waals surface area contributed by atoms with E-state index in [1.165, 1.54) is 0 Å². The monoisotopic (exact) mass is 391 g/mol. The van der Waals surface area contributed by atoms with Crippen LogP contribution in [-0.4, -0.2) is 34.3 Å². The van der Waals surface area contributed by atoms with Crippen LogP contribution in [0.2, 0.25) is 0 Å². The van der Waals surface area contributed by atoms with E-state index in [1.807, 2.05) is 55.5 Å². The van der Waals surface area contributed by atoms with E-state index in [0.717, 1.165) is 29.1 Å². The van der Waals surface area contributed by atoms with E-state index < -0.39 is 0 Å². The Labute approximate surface area is 170 Å². The normalized spacial score (nSPS) is 10.3. The summed E-state index contributed by atoms with van der Waals surface area (Å²) in [5.74, 6) is 1.96. The van der Waals surface area contributed by atoms with Crippen LogP contribution in [0.1, 0.15) is 18.1 Å². The van der Waals surface area contributed by atoms with Crippen molar-refractivity contribution >= 4 is 29.2 Å². The Bertz CT molecular complexity index is 944. The summed E-state index contributed by atoms with van der Waals surface area (Å²) in [7, 11) is 0. The lowest BCUT2D eigenvalue weighted by atomic mass is 10.1. The van der Waals surface area contributed by atoms with Crippen molar-refractivity contribution in [3.8, 4) is 0 Å². The van der Waals surface area contributed by atoms with Crippen LogP contribution in [-0.2, 0) is 6.42 Å². The Morgan fingerprint density at radius 1 is 0.966 bits per heavy atom. The zero-order valence-electron chi connectivity index (χ0n) is 16.6. The van der Waals surface area contributed by atoms with E-state index in [9.17, 15) is 4.79 Å². The Balaban J connectivity index is 1.40. The molecule has 8 nitrogen and oxygen atoms in total. The van der Waals surface area contributed by atoms with E-state index >= 15 is 0 Å². The molecule has 2 aromatic heterocycles. The van der Waals surface area contributed by atoms with Crippen LogP contribution in [0.3, 0.4) is 0 Å². The quantitative estimate of drug-likeness (QED) is 0.436. The van der Waals surface area contributed by atoms with Gasteiger partial charge in [-0.15, -0.1) is 10.2 Å². The predicted molar refractivity (Wildman–Crippen MR) is 116 cm³/mol. The maximum Gasteiger partial charge on any atom is 0.319 e. The maximum absolute atomic E-state index is 12.0. The van der Waals surface area contributed by atoms with E-state index in [4.69, 9.17) is 0 Å². The molecule has 2 heterocycles. The zero-order chi connectivity index (χ0) is 20.5. The first kappa shape index (κ1) is 20.1. The third-order valence-corrected chi connectivity index (χ3v) is 4.20. The summed E-state index contributed by atoms with van der Waals surface area (Å²) >= 11 is 0. The average Bonchev–Trinajstić information content (AvgIpc) is 2.73. The molecule has 8 heteroatoms. The molecule has 0 bridgehead atoms. The number of aryl methyl sites for hydroxylation is 2. The molecule has 150 valence electrons. The van der Waals surface area contributed by atoms with Crippen molar-refractivity contribution in [2.45, 2.75) is 20.3 Å². The molecule has 0 aliphatic heterocycles. The van der Waals surface area contributed by atoms with Crippen LogP contribution >= 0.6 is 0 Å². The molecule has 0 aliphatic rings. The number of hydrogen-bond acceptors (Lipinski definition) is 6. The minimum Gasteiger partial charge on any atom is -0.367 e. The molecule has 0 saturated heterocycles. The topological polar surface area (TPSA) is 104 Å². The van der Waals surface area contributed by atoms with Crippen molar-refractivity contribution in [3.63, 3.8) is 0 Å². The van der Waals surface area contributed by atoms with Gasteiger partial charge in [0.25, 0.3) is 0 Å². The number of amides is 2. The van der Waals surface area contributed by atoms with Gasteiger partial charge in [0, 0.05) is 25.0 Å². The third kappa shape index (κ3) is 6.17. The van der Waals surface area contributed by atoms with Gasteiger partial charge in [0.1, 0.15) is 11.6 Å². The molecule has 0 atom stereocenters. The Morgan fingerprint density at radius 2 is 1.76 bits per heavy atom. The standard InChI is InChI=1S/C21H25N7O/c1-3-16-6-4-5-7-17(16)25-21(29)24-13-12-23-18-8-9-19(28-27-18)26-20-14-15(2)10-11-22-20/h4-11,14H,3,12-13H2,1-2H3,(H,23,27)(H,22,26,28)(H2,24,25,29). The number of para-hydroxylation sites is 1. The van der Waals surface area contributed by atoms with Gasteiger partial charge in [-0.2, -0.15) is 0 Å². The molecule has 0 saturated carbocycles. The largest absolute Gasteiger partial charge is 0.367 e. The van der Waals surface area contributed by atoms with Gasteiger partial charge in [0.2, 0.25) is 0 Å². The first-order chi connectivity index (χ1) is 14.1. The molecule has 1 aromatic carbocycles. The van der Waals surface area contributed by atoms with Gasteiger partial charge >= 0.3 is 6.03 Å². The lowest BCUT2D eigenvalue weighted by Gasteiger charge is -2.11. The van der Waals surface area contributed by atoms with Gasteiger partial charge in [-0.25, -0.2) is 9.78 Å². The van der Waals surface area contributed by atoms with Crippen molar-refractivity contribution in [2.75, 3.05) is 29.0 Å². The number of nitrogens with zero attached hydrogens (tertiary/aromatic N) is 3. The van der Waals surface area contributed by atoms with E-state index in [0.29, 0.717) is 24.7 Å². The first-order valence-electron chi connectivity index (χ1n) is 9.54. The highest BCUT2D eigenvalue weighted by molar-refractivity contribution is 5.90. The molecule has 3 rings (SSSR count). The number of rotatable bonds is 8. The molecule has 0 spiro atoms. The van der Waals surface area contributed by atoms with Crippen molar-refractivity contribution < 1.29 is 4.79 Å². The molecular weight excluding hydrogens is 366 g/mol. The number of carbonyl (C=O) groups excluding carboxylic acids is 1. The minimum absolute atomic E-state index is 0.232. The Kier molecular flexibility index (Phi) is 6.94. The van der Waals surface area contributed by atoms with Crippen LogP contribution in [0.15, 0.2) is 54.7 Å². The number of hydrogen-bond donors (Lipinski definition) is 4. The lowest BCUT2D eigenvalue weighted by Crippen LogP contribution is -2.33. The predicted octanol–water partition coefficient (Wildman–Crippen LogP) is 3.72. The fraction of sp³-hybridized carbons (Fsp3) is 0.238. The molecule has 0 fully saturated rings. The van der Waals surface area contributed by atoms with Crippen LogP contribution in [0, 0.1) is 6.92 Å². The number of aromatic nitrogens is 3. The van der Waals surface area contributed by atoms with Crippen molar-refractivity contribution in [3.05, 3.63) is 65.9 Å².